The third-order valence-electron chi connectivity index (χ3n) is 2.40. The smallest absolute Gasteiger partial charge is 0.339 e. The van der Waals surface area contributed by atoms with Crippen LogP contribution in [0.4, 0.5) is 0 Å². The number of carboxylic acids is 1. The van der Waals surface area contributed by atoms with Gasteiger partial charge in [-0.25, -0.2) is 4.79 Å². The summed E-state index contributed by atoms with van der Waals surface area (Å²) in [4.78, 5) is 22.8. The summed E-state index contributed by atoms with van der Waals surface area (Å²) in [6, 6.07) is 0. The number of carboxylic acid groups (broad SMARTS) is 1. The second-order valence-corrected chi connectivity index (χ2v) is 5.31. The monoisotopic (exact) mass is 253 g/mol. The van der Waals surface area contributed by atoms with Crippen molar-refractivity contribution in [3.63, 3.8) is 0 Å². The van der Waals surface area contributed by atoms with Crippen molar-refractivity contribution < 1.29 is 14.7 Å². The first kappa shape index (κ1) is 14.2. The molecule has 0 spiro atoms. The fourth-order valence-corrected chi connectivity index (χ4v) is 1.75. The second kappa shape index (κ2) is 4.80. The van der Waals surface area contributed by atoms with Crippen molar-refractivity contribution in [3.05, 3.63) is 17.0 Å². The normalized spacial score (nSPS) is 11.4. The van der Waals surface area contributed by atoms with E-state index in [9.17, 15) is 9.59 Å². The number of aryl methyl sites for hydroxylation is 1. The Labute approximate surface area is 106 Å². The van der Waals surface area contributed by atoms with Crippen molar-refractivity contribution in [2.75, 3.05) is 0 Å². The SMILES string of the molecule is Cc1nn(CC(=O)NC(C)(C)C)c(C)c1C(=O)O. The highest BCUT2D eigenvalue weighted by Crippen LogP contribution is 2.12. The van der Waals surface area contributed by atoms with Crippen LogP contribution in [0.15, 0.2) is 0 Å². The fraction of sp³-hybridized carbons (Fsp3) is 0.583. The van der Waals surface area contributed by atoms with Crippen molar-refractivity contribution in [1.82, 2.24) is 15.1 Å². The summed E-state index contributed by atoms with van der Waals surface area (Å²) in [7, 11) is 0. The molecule has 0 fully saturated rings. The molecule has 0 saturated heterocycles. The van der Waals surface area contributed by atoms with Crippen LogP contribution in [0.3, 0.4) is 0 Å². The predicted molar refractivity (Wildman–Crippen MR) is 66.6 cm³/mol. The standard InChI is InChI=1S/C12H19N3O3/c1-7-10(11(17)18)8(2)15(14-7)6-9(16)13-12(3,4)5/h6H2,1-5H3,(H,13,16)(H,17,18). The minimum atomic E-state index is -1.02. The summed E-state index contributed by atoms with van der Waals surface area (Å²) in [5.74, 6) is -1.21. The Balaban J connectivity index is 2.90. The highest BCUT2D eigenvalue weighted by atomic mass is 16.4. The molecule has 1 rings (SSSR count). The molecule has 100 valence electrons. The molecule has 1 aromatic heterocycles. The van der Waals surface area contributed by atoms with Gasteiger partial charge in [-0.15, -0.1) is 0 Å². The number of nitrogens with one attached hydrogen (secondary N) is 1. The largest absolute Gasteiger partial charge is 0.478 e. The van der Waals surface area contributed by atoms with E-state index in [-0.39, 0.29) is 23.6 Å². The van der Waals surface area contributed by atoms with E-state index in [2.05, 4.69) is 10.4 Å². The molecule has 0 radical (unpaired) electrons. The Hall–Kier alpha value is -1.85. The zero-order chi connectivity index (χ0) is 14.1. The number of carbonyl (C=O) groups excluding carboxylic acids is 1. The molecule has 0 saturated carbocycles. The minimum Gasteiger partial charge on any atom is -0.478 e. The van der Waals surface area contributed by atoms with Crippen LogP contribution < -0.4 is 5.32 Å². The lowest BCUT2D eigenvalue weighted by molar-refractivity contribution is -0.123. The van der Waals surface area contributed by atoms with Crippen molar-refractivity contribution in [2.45, 2.75) is 46.7 Å². The third kappa shape index (κ3) is 3.32. The van der Waals surface area contributed by atoms with Crippen molar-refractivity contribution >= 4 is 11.9 Å². The van der Waals surface area contributed by atoms with Gasteiger partial charge in [-0.05, 0) is 34.6 Å². The number of aromatic carboxylic acids is 1. The Morgan fingerprint density at radius 3 is 2.28 bits per heavy atom. The molecule has 0 aliphatic carbocycles. The average Bonchev–Trinajstić information content (AvgIpc) is 2.37. The van der Waals surface area contributed by atoms with Gasteiger partial charge in [0.25, 0.3) is 0 Å². The molecule has 0 atom stereocenters. The Kier molecular flexibility index (Phi) is 3.79. The number of hydrogen-bond donors (Lipinski definition) is 2. The van der Waals surface area contributed by atoms with E-state index in [4.69, 9.17) is 5.11 Å². The maximum atomic E-state index is 11.8. The lowest BCUT2D eigenvalue weighted by atomic mass is 10.1. The van der Waals surface area contributed by atoms with Gasteiger partial charge in [-0.3, -0.25) is 9.48 Å². The second-order valence-electron chi connectivity index (χ2n) is 5.31. The first-order chi connectivity index (χ1) is 8.11. The molecule has 1 heterocycles. The minimum absolute atomic E-state index is 0.0250. The van der Waals surface area contributed by atoms with Gasteiger partial charge in [-0.1, -0.05) is 0 Å². The van der Waals surface area contributed by atoms with E-state index >= 15 is 0 Å². The lowest BCUT2D eigenvalue weighted by Gasteiger charge is -2.20. The summed E-state index contributed by atoms with van der Waals surface area (Å²) < 4.78 is 1.42. The molecule has 0 bridgehead atoms. The predicted octanol–water partition coefficient (Wildman–Crippen LogP) is 1.11. The van der Waals surface area contributed by atoms with Crippen LogP contribution in [0, 0.1) is 13.8 Å². The van der Waals surface area contributed by atoms with Gasteiger partial charge < -0.3 is 10.4 Å². The maximum absolute atomic E-state index is 11.8. The lowest BCUT2D eigenvalue weighted by Crippen LogP contribution is -2.42. The van der Waals surface area contributed by atoms with Crippen LogP contribution in [-0.2, 0) is 11.3 Å². The van der Waals surface area contributed by atoms with Gasteiger partial charge in [0.2, 0.25) is 5.91 Å². The number of aromatic nitrogens is 2. The summed E-state index contributed by atoms with van der Waals surface area (Å²) in [6.45, 7) is 8.94. The molecule has 0 aliphatic heterocycles. The van der Waals surface area contributed by atoms with E-state index in [1.807, 2.05) is 20.8 Å². The maximum Gasteiger partial charge on any atom is 0.339 e. The van der Waals surface area contributed by atoms with E-state index in [1.54, 1.807) is 13.8 Å². The zero-order valence-corrected chi connectivity index (χ0v) is 11.4. The molecule has 0 aliphatic rings. The van der Waals surface area contributed by atoms with Gasteiger partial charge >= 0.3 is 5.97 Å². The molecule has 6 nitrogen and oxygen atoms in total. The van der Waals surface area contributed by atoms with E-state index in [0.29, 0.717) is 11.4 Å². The molecule has 6 heteroatoms. The number of nitrogens with zero attached hydrogens (tertiary/aromatic N) is 2. The zero-order valence-electron chi connectivity index (χ0n) is 11.4. The molecule has 0 unspecified atom stereocenters. The van der Waals surface area contributed by atoms with Crippen LogP contribution >= 0.6 is 0 Å². The van der Waals surface area contributed by atoms with E-state index < -0.39 is 5.97 Å². The Bertz CT molecular complexity index is 483. The van der Waals surface area contributed by atoms with Crippen molar-refractivity contribution in [1.29, 1.82) is 0 Å². The number of hydrogen-bond acceptors (Lipinski definition) is 3. The highest BCUT2D eigenvalue weighted by molar-refractivity contribution is 5.90. The van der Waals surface area contributed by atoms with Gasteiger partial charge in [0.15, 0.2) is 0 Å². The van der Waals surface area contributed by atoms with Gasteiger partial charge in [0, 0.05) is 5.54 Å². The van der Waals surface area contributed by atoms with Crippen molar-refractivity contribution in [3.8, 4) is 0 Å². The molecule has 18 heavy (non-hydrogen) atoms. The van der Waals surface area contributed by atoms with E-state index in [1.165, 1.54) is 4.68 Å². The first-order valence-electron chi connectivity index (χ1n) is 5.70. The van der Waals surface area contributed by atoms with Crippen LogP contribution in [0.1, 0.15) is 42.5 Å². The summed E-state index contributed by atoms with van der Waals surface area (Å²) in [6.07, 6.45) is 0. The van der Waals surface area contributed by atoms with Gasteiger partial charge in [0.1, 0.15) is 12.1 Å². The molecular formula is C12H19N3O3. The van der Waals surface area contributed by atoms with Crippen LogP contribution in [0.5, 0.6) is 0 Å². The van der Waals surface area contributed by atoms with Crippen LogP contribution in [-0.4, -0.2) is 32.3 Å². The molecule has 0 aromatic carbocycles. The number of rotatable bonds is 3. The fourth-order valence-electron chi connectivity index (χ4n) is 1.75. The molecule has 2 N–H and O–H groups in total. The van der Waals surface area contributed by atoms with Crippen LogP contribution in [0.25, 0.3) is 0 Å². The van der Waals surface area contributed by atoms with Crippen LogP contribution in [0.2, 0.25) is 0 Å². The van der Waals surface area contributed by atoms with Gasteiger partial charge in [-0.2, -0.15) is 5.10 Å². The Morgan fingerprint density at radius 2 is 1.89 bits per heavy atom. The number of carbonyl (C=O) groups is 2. The summed E-state index contributed by atoms with van der Waals surface area (Å²) >= 11 is 0. The Morgan fingerprint density at radius 1 is 1.33 bits per heavy atom. The highest BCUT2D eigenvalue weighted by Gasteiger charge is 2.20. The average molecular weight is 253 g/mol. The van der Waals surface area contributed by atoms with Gasteiger partial charge in [0.05, 0.1) is 11.4 Å². The van der Waals surface area contributed by atoms with E-state index in [0.717, 1.165) is 0 Å². The first-order valence-corrected chi connectivity index (χ1v) is 5.70. The molecule has 1 aromatic rings. The number of amides is 1. The molecule has 1 amide bonds. The summed E-state index contributed by atoms with van der Waals surface area (Å²) in [5, 5.41) is 15.9. The quantitative estimate of drug-likeness (QED) is 0.845. The topological polar surface area (TPSA) is 84.2 Å². The summed E-state index contributed by atoms with van der Waals surface area (Å²) in [5.41, 5.74) is 0.759. The molecular weight excluding hydrogens is 234 g/mol. The third-order valence-corrected chi connectivity index (χ3v) is 2.40. The van der Waals surface area contributed by atoms with Crippen molar-refractivity contribution in [2.24, 2.45) is 0 Å².